The Kier molecular flexibility index (Phi) is 2.81. The highest BCUT2D eigenvalue weighted by atomic mass is 16.5. The number of benzene rings is 1. The lowest BCUT2D eigenvalue weighted by atomic mass is 10.1. The molecule has 4 nitrogen and oxygen atoms in total. The molecular formula is C12H15N3O. The maximum Gasteiger partial charge on any atom is 0.149 e. The van der Waals surface area contributed by atoms with E-state index in [1.54, 1.807) is 7.11 Å². The lowest BCUT2D eigenvalue weighted by molar-refractivity contribution is 0.418. The van der Waals surface area contributed by atoms with Gasteiger partial charge in [0.15, 0.2) is 0 Å². The Labute approximate surface area is 94.6 Å². The summed E-state index contributed by atoms with van der Waals surface area (Å²) < 4.78 is 7.18. The smallest absolute Gasteiger partial charge is 0.149 e. The van der Waals surface area contributed by atoms with Crippen LogP contribution in [0.5, 0.6) is 5.75 Å². The number of nitrogens with zero attached hydrogens (tertiary/aromatic N) is 2. The molecule has 0 atom stereocenters. The van der Waals surface area contributed by atoms with Crippen molar-refractivity contribution in [3.63, 3.8) is 0 Å². The summed E-state index contributed by atoms with van der Waals surface area (Å²) in [5.41, 5.74) is 8.49. The first-order valence-electron chi connectivity index (χ1n) is 5.21. The van der Waals surface area contributed by atoms with E-state index in [-0.39, 0.29) is 0 Å². The molecule has 1 aromatic heterocycles. The van der Waals surface area contributed by atoms with Gasteiger partial charge in [0.2, 0.25) is 0 Å². The molecular weight excluding hydrogens is 202 g/mol. The third-order valence-electron chi connectivity index (χ3n) is 2.52. The average Bonchev–Trinajstić information content (AvgIpc) is 2.77. The Morgan fingerprint density at radius 1 is 1.44 bits per heavy atom. The number of anilines is 1. The van der Waals surface area contributed by atoms with Crippen LogP contribution >= 0.6 is 0 Å². The van der Waals surface area contributed by atoms with Crippen molar-refractivity contribution in [3.8, 4) is 16.9 Å². The van der Waals surface area contributed by atoms with Gasteiger partial charge in [0.1, 0.15) is 5.75 Å². The molecule has 2 rings (SSSR count). The number of nitrogen functional groups attached to an aromatic ring is 1. The maximum atomic E-state index is 5.86. The summed E-state index contributed by atoms with van der Waals surface area (Å²) in [6, 6.07) is 5.72. The maximum absolute atomic E-state index is 5.86. The lowest BCUT2D eigenvalue weighted by Gasteiger charge is -2.08. The van der Waals surface area contributed by atoms with Crippen molar-refractivity contribution in [1.82, 2.24) is 9.78 Å². The Balaban J connectivity index is 2.50. The van der Waals surface area contributed by atoms with Crippen LogP contribution in [0.2, 0.25) is 0 Å². The molecule has 0 bridgehead atoms. The highest BCUT2D eigenvalue weighted by molar-refractivity contribution is 5.76. The van der Waals surface area contributed by atoms with E-state index < -0.39 is 0 Å². The molecule has 0 aliphatic heterocycles. The van der Waals surface area contributed by atoms with Crippen molar-refractivity contribution in [2.45, 2.75) is 13.5 Å². The van der Waals surface area contributed by atoms with Crippen LogP contribution in [0.1, 0.15) is 6.92 Å². The van der Waals surface area contributed by atoms with Crippen molar-refractivity contribution in [1.29, 1.82) is 0 Å². The molecule has 0 unspecified atom stereocenters. The molecule has 4 heteroatoms. The fourth-order valence-corrected chi connectivity index (χ4v) is 1.69. The SMILES string of the molecule is CCn1cc(-c2cccc(N)c2OC)cn1. The van der Waals surface area contributed by atoms with E-state index in [9.17, 15) is 0 Å². The molecule has 1 heterocycles. The Bertz CT molecular complexity index is 491. The van der Waals surface area contributed by atoms with Crippen LogP contribution in [-0.4, -0.2) is 16.9 Å². The molecule has 0 saturated heterocycles. The molecule has 16 heavy (non-hydrogen) atoms. The molecule has 0 amide bonds. The second-order valence-electron chi connectivity index (χ2n) is 3.51. The number of ether oxygens (including phenoxy) is 1. The van der Waals surface area contributed by atoms with Crippen molar-refractivity contribution in [3.05, 3.63) is 30.6 Å². The second-order valence-corrected chi connectivity index (χ2v) is 3.51. The van der Waals surface area contributed by atoms with Crippen molar-refractivity contribution in [2.75, 3.05) is 12.8 Å². The number of para-hydroxylation sites is 1. The summed E-state index contributed by atoms with van der Waals surface area (Å²) >= 11 is 0. The van der Waals surface area contributed by atoms with Gasteiger partial charge in [-0.05, 0) is 13.0 Å². The number of aromatic nitrogens is 2. The summed E-state index contributed by atoms with van der Waals surface area (Å²) in [6.07, 6.45) is 3.80. The van der Waals surface area contributed by atoms with Crippen molar-refractivity contribution < 1.29 is 4.74 Å². The second kappa shape index (κ2) is 4.26. The standard InChI is InChI=1S/C12H15N3O/c1-3-15-8-9(7-14-15)10-5-4-6-11(13)12(10)16-2/h4-8H,3,13H2,1-2H3. The van der Waals surface area contributed by atoms with Crippen LogP contribution in [-0.2, 0) is 6.54 Å². The van der Waals surface area contributed by atoms with Gasteiger partial charge in [-0.3, -0.25) is 4.68 Å². The van der Waals surface area contributed by atoms with E-state index >= 15 is 0 Å². The number of rotatable bonds is 3. The number of hydrogen-bond donors (Lipinski definition) is 1. The summed E-state index contributed by atoms with van der Waals surface area (Å²) in [7, 11) is 1.62. The van der Waals surface area contributed by atoms with Crippen LogP contribution in [0, 0.1) is 0 Å². The minimum absolute atomic E-state index is 0.643. The largest absolute Gasteiger partial charge is 0.494 e. The molecule has 0 fully saturated rings. The van der Waals surface area contributed by atoms with E-state index in [2.05, 4.69) is 5.10 Å². The van der Waals surface area contributed by atoms with Gasteiger partial charge >= 0.3 is 0 Å². The zero-order valence-electron chi connectivity index (χ0n) is 9.47. The third kappa shape index (κ3) is 1.74. The van der Waals surface area contributed by atoms with E-state index in [4.69, 9.17) is 10.5 Å². The highest BCUT2D eigenvalue weighted by Crippen LogP contribution is 2.34. The molecule has 1 aromatic carbocycles. The van der Waals surface area contributed by atoms with Crippen LogP contribution in [0.15, 0.2) is 30.6 Å². The summed E-state index contributed by atoms with van der Waals surface area (Å²) in [5, 5.41) is 4.24. The van der Waals surface area contributed by atoms with Gasteiger partial charge in [-0.2, -0.15) is 5.10 Å². The molecule has 84 valence electrons. The monoisotopic (exact) mass is 217 g/mol. The topological polar surface area (TPSA) is 53.1 Å². The van der Waals surface area contributed by atoms with Gasteiger partial charge in [-0.1, -0.05) is 12.1 Å². The minimum Gasteiger partial charge on any atom is -0.494 e. The molecule has 0 aliphatic carbocycles. The molecule has 0 saturated carbocycles. The quantitative estimate of drug-likeness (QED) is 0.801. The number of methoxy groups -OCH3 is 1. The van der Waals surface area contributed by atoms with Crippen LogP contribution in [0.25, 0.3) is 11.1 Å². The van der Waals surface area contributed by atoms with E-state index in [1.807, 2.05) is 42.2 Å². The van der Waals surface area contributed by atoms with Crippen molar-refractivity contribution >= 4 is 5.69 Å². The Hall–Kier alpha value is -1.97. The summed E-state index contributed by atoms with van der Waals surface area (Å²) in [6.45, 7) is 2.90. The predicted molar refractivity (Wildman–Crippen MR) is 64.3 cm³/mol. The van der Waals surface area contributed by atoms with E-state index in [0.29, 0.717) is 11.4 Å². The van der Waals surface area contributed by atoms with Gasteiger partial charge in [-0.15, -0.1) is 0 Å². The number of nitrogens with two attached hydrogens (primary N) is 1. The van der Waals surface area contributed by atoms with Crippen LogP contribution in [0.4, 0.5) is 5.69 Å². The van der Waals surface area contributed by atoms with Gasteiger partial charge in [0.05, 0.1) is 19.0 Å². The Morgan fingerprint density at radius 3 is 2.88 bits per heavy atom. The van der Waals surface area contributed by atoms with Gasteiger partial charge in [-0.25, -0.2) is 0 Å². The molecule has 2 N–H and O–H groups in total. The molecule has 0 radical (unpaired) electrons. The average molecular weight is 217 g/mol. The Morgan fingerprint density at radius 2 is 2.25 bits per heavy atom. The molecule has 0 aliphatic rings. The summed E-state index contributed by atoms with van der Waals surface area (Å²) in [5.74, 6) is 0.707. The first-order valence-corrected chi connectivity index (χ1v) is 5.21. The zero-order chi connectivity index (χ0) is 11.5. The first kappa shape index (κ1) is 10.5. The summed E-state index contributed by atoms with van der Waals surface area (Å²) in [4.78, 5) is 0. The number of aryl methyl sites for hydroxylation is 1. The highest BCUT2D eigenvalue weighted by Gasteiger charge is 2.10. The van der Waals surface area contributed by atoms with Crippen molar-refractivity contribution in [2.24, 2.45) is 0 Å². The normalized spacial score (nSPS) is 10.4. The first-order chi connectivity index (χ1) is 7.76. The van der Waals surface area contributed by atoms with Crippen LogP contribution < -0.4 is 10.5 Å². The third-order valence-corrected chi connectivity index (χ3v) is 2.52. The lowest BCUT2D eigenvalue weighted by Crippen LogP contribution is -1.94. The number of hydrogen-bond acceptors (Lipinski definition) is 3. The molecule has 0 spiro atoms. The van der Waals surface area contributed by atoms with Crippen LogP contribution in [0.3, 0.4) is 0 Å². The predicted octanol–water partition coefficient (Wildman–Crippen LogP) is 2.16. The fraction of sp³-hybridized carbons (Fsp3) is 0.250. The van der Waals surface area contributed by atoms with Gasteiger partial charge in [0.25, 0.3) is 0 Å². The minimum atomic E-state index is 0.643. The van der Waals surface area contributed by atoms with E-state index in [0.717, 1.165) is 17.7 Å². The fourth-order valence-electron chi connectivity index (χ4n) is 1.69. The zero-order valence-corrected chi connectivity index (χ0v) is 9.47. The van der Waals surface area contributed by atoms with Gasteiger partial charge in [0, 0.05) is 23.9 Å². The van der Waals surface area contributed by atoms with E-state index in [1.165, 1.54) is 0 Å². The molecule has 2 aromatic rings. The van der Waals surface area contributed by atoms with Gasteiger partial charge < -0.3 is 10.5 Å².